The number of phosphoric ester groups is 1. The van der Waals surface area contributed by atoms with E-state index in [1.54, 1.807) is 0 Å². The van der Waals surface area contributed by atoms with Crippen molar-refractivity contribution in [2.24, 2.45) is 0 Å². The highest BCUT2D eigenvalue weighted by atomic mass is 31.2. The van der Waals surface area contributed by atoms with Gasteiger partial charge >= 0.3 is 11.9 Å². The summed E-state index contributed by atoms with van der Waals surface area (Å²) in [6, 6.07) is 0. The fourth-order valence-electron chi connectivity index (χ4n) is 6.77. The lowest BCUT2D eigenvalue weighted by molar-refractivity contribution is -0.870. The van der Waals surface area contributed by atoms with E-state index in [0.717, 1.165) is 32.1 Å². The molecule has 338 valence electrons. The van der Waals surface area contributed by atoms with E-state index in [1.165, 1.54) is 161 Å². The lowest BCUT2D eigenvalue weighted by atomic mass is 10.0. The molecule has 0 aromatic rings. The maximum absolute atomic E-state index is 12.7. The predicted octanol–water partition coefficient (Wildman–Crippen LogP) is 13.1. The third-order valence-corrected chi connectivity index (χ3v) is 11.5. The number of likely N-dealkylation sites (N-methyl/N-ethyl adjacent to an activating group) is 1. The smallest absolute Gasteiger partial charge is 0.306 e. The minimum Gasteiger partial charge on any atom is -0.756 e. The van der Waals surface area contributed by atoms with Crippen molar-refractivity contribution in [3.63, 3.8) is 0 Å². The summed E-state index contributed by atoms with van der Waals surface area (Å²) in [4.78, 5) is 37.6. The van der Waals surface area contributed by atoms with Crippen LogP contribution in [0.5, 0.6) is 0 Å². The number of rotatable bonds is 44. The lowest BCUT2D eigenvalue weighted by Gasteiger charge is -2.28. The molecule has 0 heterocycles. The van der Waals surface area contributed by atoms with E-state index in [-0.39, 0.29) is 32.0 Å². The number of esters is 2. The Morgan fingerprint density at radius 2 is 0.895 bits per heavy atom. The van der Waals surface area contributed by atoms with Crippen molar-refractivity contribution in [1.29, 1.82) is 0 Å². The zero-order valence-corrected chi connectivity index (χ0v) is 38.9. The van der Waals surface area contributed by atoms with Crippen LogP contribution in [-0.2, 0) is 32.7 Å². The van der Waals surface area contributed by atoms with Gasteiger partial charge in [0.05, 0.1) is 27.7 Å². The molecule has 9 nitrogen and oxygen atoms in total. The molecule has 0 N–H and O–H groups in total. The van der Waals surface area contributed by atoms with Crippen LogP contribution in [0.1, 0.15) is 226 Å². The SMILES string of the molecule is CCCCCCCC/C=C\CCCCCCCCCCCCCC(=O)OC[C@H](COP(=O)([O-])OCC[N+](C)(C)C)OC(=O)CCCCCCCCCCCCCC. The zero-order chi connectivity index (χ0) is 42.1. The number of quaternary nitrogens is 1. The number of ether oxygens (including phenoxy) is 2. The number of unbranched alkanes of at least 4 members (excludes halogenated alkanes) is 28. The van der Waals surface area contributed by atoms with Gasteiger partial charge in [-0.25, -0.2) is 0 Å². The van der Waals surface area contributed by atoms with E-state index >= 15 is 0 Å². The molecule has 0 aromatic heterocycles. The Balaban J connectivity index is 4.20. The van der Waals surface area contributed by atoms with Crippen LogP contribution in [0.4, 0.5) is 0 Å². The molecule has 0 spiro atoms. The topological polar surface area (TPSA) is 111 Å². The summed E-state index contributed by atoms with van der Waals surface area (Å²) in [5.74, 6) is -0.824. The lowest BCUT2D eigenvalue weighted by Crippen LogP contribution is -2.37. The number of phosphoric acid groups is 1. The monoisotopic (exact) mass is 830 g/mol. The first-order valence-electron chi connectivity index (χ1n) is 23.9. The van der Waals surface area contributed by atoms with Crippen LogP contribution < -0.4 is 4.89 Å². The van der Waals surface area contributed by atoms with Gasteiger partial charge in [-0.15, -0.1) is 0 Å². The minimum absolute atomic E-state index is 0.0274. The van der Waals surface area contributed by atoms with Crippen molar-refractivity contribution in [1.82, 2.24) is 0 Å². The Hall–Kier alpha value is -1.25. The molecule has 0 aliphatic heterocycles. The van der Waals surface area contributed by atoms with Gasteiger partial charge in [0.15, 0.2) is 6.10 Å². The second kappa shape index (κ2) is 40.2. The Labute approximate surface area is 352 Å². The summed E-state index contributed by atoms with van der Waals surface area (Å²) in [6.45, 7) is 4.25. The highest BCUT2D eigenvalue weighted by Gasteiger charge is 2.21. The first-order chi connectivity index (χ1) is 27.5. The van der Waals surface area contributed by atoms with Gasteiger partial charge in [-0.1, -0.05) is 187 Å². The van der Waals surface area contributed by atoms with Gasteiger partial charge in [-0.3, -0.25) is 14.2 Å². The van der Waals surface area contributed by atoms with E-state index in [2.05, 4.69) is 26.0 Å². The normalized spacial score (nSPS) is 13.6. The summed E-state index contributed by atoms with van der Waals surface area (Å²) in [7, 11) is 1.18. The van der Waals surface area contributed by atoms with Crippen LogP contribution in [0.25, 0.3) is 0 Å². The van der Waals surface area contributed by atoms with Gasteiger partial charge < -0.3 is 27.9 Å². The molecule has 0 aliphatic rings. The van der Waals surface area contributed by atoms with Gasteiger partial charge in [-0.2, -0.15) is 0 Å². The van der Waals surface area contributed by atoms with Gasteiger partial charge in [0.2, 0.25) is 0 Å². The molecule has 0 bridgehead atoms. The van der Waals surface area contributed by atoms with Crippen molar-refractivity contribution < 1.29 is 42.1 Å². The van der Waals surface area contributed by atoms with E-state index in [0.29, 0.717) is 17.4 Å². The summed E-state index contributed by atoms with van der Waals surface area (Å²) < 4.78 is 33.9. The molecule has 2 atom stereocenters. The maximum atomic E-state index is 12.7. The maximum Gasteiger partial charge on any atom is 0.306 e. The number of carbonyl (C=O) groups is 2. The van der Waals surface area contributed by atoms with E-state index in [4.69, 9.17) is 18.5 Å². The van der Waals surface area contributed by atoms with Gasteiger partial charge in [-0.05, 0) is 38.5 Å². The van der Waals surface area contributed by atoms with Crippen molar-refractivity contribution in [3.05, 3.63) is 12.2 Å². The van der Waals surface area contributed by atoms with Crippen LogP contribution >= 0.6 is 7.82 Å². The van der Waals surface area contributed by atoms with Crippen molar-refractivity contribution in [2.75, 3.05) is 47.5 Å². The molecule has 57 heavy (non-hydrogen) atoms. The van der Waals surface area contributed by atoms with Crippen molar-refractivity contribution in [2.45, 2.75) is 232 Å². The Morgan fingerprint density at radius 1 is 0.526 bits per heavy atom. The molecule has 0 amide bonds. The largest absolute Gasteiger partial charge is 0.756 e. The van der Waals surface area contributed by atoms with E-state index in [9.17, 15) is 19.0 Å². The second-order valence-corrected chi connectivity index (χ2v) is 18.9. The quantitative estimate of drug-likeness (QED) is 0.0196. The summed E-state index contributed by atoms with van der Waals surface area (Å²) in [5.41, 5.74) is 0. The molecule has 1 unspecified atom stereocenters. The Kier molecular flexibility index (Phi) is 39.3. The van der Waals surface area contributed by atoms with Crippen LogP contribution in [0.2, 0.25) is 0 Å². The van der Waals surface area contributed by atoms with E-state index < -0.39 is 26.5 Å². The first kappa shape index (κ1) is 55.8. The second-order valence-electron chi connectivity index (χ2n) is 17.5. The third-order valence-electron chi connectivity index (χ3n) is 10.5. The molecule has 0 aliphatic carbocycles. The average molecular weight is 830 g/mol. The van der Waals surface area contributed by atoms with Crippen LogP contribution in [0.3, 0.4) is 0 Å². The number of hydrogen-bond acceptors (Lipinski definition) is 8. The molecular formula is C47H92NO8P. The predicted molar refractivity (Wildman–Crippen MR) is 236 cm³/mol. The number of nitrogens with zero attached hydrogens (tertiary/aromatic N) is 1. The molecule has 0 saturated carbocycles. The number of carbonyl (C=O) groups excluding carboxylic acids is 2. The highest BCUT2D eigenvalue weighted by Crippen LogP contribution is 2.38. The molecular weight excluding hydrogens is 737 g/mol. The number of hydrogen-bond donors (Lipinski definition) is 0. The molecule has 0 radical (unpaired) electrons. The Bertz CT molecular complexity index is 985. The standard InChI is InChI=1S/C47H92NO8P/c1-6-8-10-12-14-16-18-20-21-22-23-24-25-26-27-28-30-31-33-35-37-39-46(49)53-43-45(44-55-57(51,52)54-42-41-48(3,4)5)56-47(50)40-38-36-34-32-29-19-17-15-13-11-9-7-2/h20-21,45H,6-19,22-44H2,1-5H3/b21-20-/t45-/m1/s1. The summed E-state index contributed by atoms with van der Waals surface area (Å²) in [5, 5.41) is 0. The highest BCUT2D eigenvalue weighted by molar-refractivity contribution is 7.45. The van der Waals surface area contributed by atoms with Gasteiger partial charge in [0.1, 0.15) is 19.8 Å². The van der Waals surface area contributed by atoms with Gasteiger partial charge in [0.25, 0.3) is 7.82 Å². The van der Waals surface area contributed by atoms with Gasteiger partial charge in [0, 0.05) is 12.8 Å². The zero-order valence-electron chi connectivity index (χ0n) is 38.1. The van der Waals surface area contributed by atoms with Crippen LogP contribution in [0.15, 0.2) is 12.2 Å². The van der Waals surface area contributed by atoms with E-state index in [1.807, 2.05) is 21.1 Å². The van der Waals surface area contributed by atoms with Crippen LogP contribution in [0, 0.1) is 0 Å². The minimum atomic E-state index is -4.62. The third kappa shape index (κ3) is 44.1. The summed E-state index contributed by atoms with van der Waals surface area (Å²) >= 11 is 0. The number of allylic oxidation sites excluding steroid dienone is 2. The summed E-state index contributed by atoms with van der Waals surface area (Å²) in [6.07, 6.45) is 42.4. The Morgan fingerprint density at radius 3 is 1.30 bits per heavy atom. The first-order valence-corrected chi connectivity index (χ1v) is 25.4. The van der Waals surface area contributed by atoms with Crippen molar-refractivity contribution >= 4 is 19.8 Å². The fraction of sp³-hybridized carbons (Fsp3) is 0.915. The average Bonchev–Trinajstić information content (AvgIpc) is 3.16. The van der Waals surface area contributed by atoms with Crippen LogP contribution in [-0.4, -0.2) is 70.0 Å². The molecule has 0 saturated heterocycles. The molecule has 10 heteroatoms. The molecule has 0 aromatic carbocycles. The molecule has 0 fully saturated rings. The molecule has 0 rings (SSSR count). The fourth-order valence-corrected chi connectivity index (χ4v) is 7.50. The van der Waals surface area contributed by atoms with Crippen molar-refractivity contribution in [3.8, 4) is 0 Å².